The molecular weight excluding hydrogens is 334 g/mol. The average molecular weight is 340 g/mol. The van der Waals surface area contributed by atoms with Gasteiger partial charge in [-0.3, -0.25) is 0 Å². The van der Waals surface area contributed by atoms with Crippen molar-refractivity contribution in [2.24, 2.45) is 0 Å². The van der Waals surface area contributed by atoms with Crippen molar-refractivity contribution >= 4 is 49.6 Å². The van der Waals surface area contributed by atoms with E-state index in [4.69, 9.17) is 0 Å². The fourth-order valence-electron chi connectivity index (χ4n) is 1.29. The zero-order chi connectivity index (χ0) is 12.4. The Balaban J connectivity index is 1.80. The molecule has 0 radical (unpaired) electrons. The highest BCUT2D eigenvalue weighted by Crippen LogP contribution is 2.27. The Bertz CT molecular complexity index is 635. The molecule has 0 amide bonds. The molecule has 0 saturated carbocycles. The fraction of sp³-hybridized carbons (Fsp3) is 0. The molecule has 0 atom stereocenters. The first-order valence-corrected chi connectivity index (χ1v) is 7.39. The SMILES string of the molecule is Brc1ccc(Nc2nnc(-c3csnn3)s2)cc1. The molecule has 1 aromatic carbocycles. The highest BCUT2D eigenvalue weighted by atomic mass is 79.9. The van der Waals surface area contributed by atoms with Crippen molar-refractivity contribution in [3.8, 4) is 10.7 Å². The predicted molar refractivity (Wildman–Crippen MR) is 76.2 cm³/mol. The molecule has 0 spiro atoms. The zero-order valence-corrected chi connectivity index (χ0v) is 12.1. The average Bonchev–Trinajstić information content (AvgIpc) is 3.02. The lowest BCUT2D eigenvalue weighted by Crippen LogP contribution is -1.88. The minimum absolute atomic E-state index is 0.736. The van der Waals surface area contributed by atoms with Crippen molar-refractivity contribution in [2.45, 2.75) is 0 Å². The van der Waals surface area contributed by atoms with Crippen LogP contribution in [0.5, 0.6) is 0 Å². The van der Waals surface area contributed by atoms with Crippen LogP contribution in [0.25, 0.3) is 10.7 Å². The van der Waals surface area contributed by atoms with Gasteiger partial charge in [-0.25, -0.2) is 0 Å². The third-order valence-electron chi connectivity index (χ3n) is 2.10. The van der Waals surface area contributed by atoms with Crippen molar-refractivity contribution < 1.29 is 0 Å². The number of nitrogens with one attached hydrogen (secondary N) is 1. The molecule has 2 aromatic heterocycles. The van der Waals surface area contributed by atoms with E-state index in [1.54, 1.807) is 0 Å². The van der Waals surface area contributed by atoms with Crippen molar-refractivity contribution in [3.05, 3.63) is 34.1 Å². The van der Waals surface area contributed by atoms with E-state index >= 15 is 0 Å². The maximum Gasteiger partial charge on any atom is 0.210 e. The summed E-state index contributed by atoms with van der Waals surface area (Å²) >= 11 is 6.14. The molecule has 0 unspecified atom stereocenters. The molecule has 0 saturated heterocycles. The van der Waals surface area contributed by atoms with E-state index in [1.807, 2.05) is 29.6 Å². The molecule has 0 aliphatic rings. The van der Waals surface area contributed by atoms with Gasteiger partial charge in [-0.15, -0.1) is 15.3 Å². The molecule has 5 nitrogen and oxygen atoms in total. The van der Waals surface area contributed by atoms with Gasteiger partial charge in [0.05, 0.1) is 0 Å². The van der Waals surface area contributed by atoms with Crippen molar-refractivity contribution in [2.75, 3.05) is 5.32 Å². The van der Waals surface area contributed by atoms with Gasteiger partial charge in [0.1, 0.15) is 5.69 Å². The van der Waals surface area contributed by atoms with E-state index in [1.165, 1.54) is 22.9 Å². The lowest BCUT2D eigenvalue weighted by Gasteiger charge is -2.00. The number of aromatic nitrogens is 4. The van der Waals surface area contributed by atoms with Crippen LogP contribution in [-0.4, -0.2) is 19.8 Å². The lowest BCUT2D eigenvalue weighted by molar-refractivity contribution is 1.08. The Morgan fingerprint density at radius 3 is 2.61 bits per heavy atom. The van der Waals surface area contributed by atoms with Crippen LogP contribution in [-0.2, 0) is 0 Å². The van der Waals surface area contributed by atoms with Crippen LogP contribution < -0.4 is 5.32 Å². The van der Waals surface area contributed by atoms with Gasteiger partial charge < -0.3 is 5.32 Å². The zero-order valence-electron chi connectivity index (χ0n) is 8.87. The van der Waals surface area contributed by atoms with E-state index in [-0.39, 0.29) is 0 Å². The number of rotatable bonds is 3. The van der Waals surface area contributed by atoms with Crippen LogP contribution in [0.1, 0.15) is 0 Å². The van der Waals surface area contributed by atoms with Gasteiger partial charge in [-0.05, 0) is 35.8 Å². The van der Waals surface area contributed by atoms with Crippen LogP contribution in [0, 0.1) is 0 Å². The number of benzene rings is 1. The molecule has 3 rings (SSSR count). The van der Waals surface area contributed by atoms with E-state index in [2.05, 4.69) is 41.0 Å². The quantitative estimate of drug-likeness (QED) is 0.790. The van der Waals surface area contributed by atoms with Gasteiger partial charge >= 0.3 is 0 Å². The normalized spacial score (nSPS) is 10.5. The van der Waals surface area contributed by atoms with Gasteiger partial charge in [-0.2, -0.15) is 0 Å². The van der Waals surface area contributed by atoms with E-state index in [0.29, 0.717) is 0 Å². The molecule has 18 heavy (non-hydrogen) atoms. The molecule has 0 aliphatic heterocycles. The minimum Gasteiger partial charge on any atom is -0.330 e. The summed E-state index contributed by atoms with van der Waals surface area (Å²) in [5.41, 5.74) is 1.73. The first-order valence-electron chi connectivity index (χ1n) is 4.95. The highest BCUT2D eigenvalue weighted by Gasteiger charge is 2.08. The maximum atomic E-state index is 4.07. The minimum atomic E-state index is 0.736. The molecule has 2 heterocycles. The van der Waals surface area contributed by atoms with Crippen molar-refractivity contribution in [1.29, 1.82) is 0 Å². The Labute approximate surface area is 119 Å². The number of hydrogen-bond donors (Lipinski definition) is 1. The molecule has 0 aliphatic carbocycles. The summed E-state index contributed by atoms with van der Waals surface area (Å²) in [5, 5.41) is 18.7. The summed E-state index contributed by atoms with van der Waals surface area (Å²) in [4.78, 5) is 0. The number of hydrogen-bond acceptors (Lipinski definition) is 7. The third-order valence-corrected chi connectivity index (χ3v) is 3.99. The van der Waals surface area contributed by atoms with Crippen LogP contribution in [0.3, 0.4) is 0 Å². The summed E-state index contributed by atoms with van der Waals surface area (Å²) in [5.74, 6) is 0. The molecule has 1 N–H and O–H groups in total. The molecule has 0 fully saturated rings. The predicted octanol–water partition coefficient (Wildman–Crippen LogP) is 3.56. The van der Waals surface area contributed by atoms with Gasteiger partial charge in [0.25, 0.3) is 0 Å². The van der Waals surface area contributed by atoms with Gasteiger partial charge in [0.15, 0.2) is 5.01 Å². The Morgan fingerprint density at radius 1 is 1.06 bits per heavy atom. The largest absolute Gasteiger partial charge is 0.330 e. The summed E-state index contributed by atoms with van der Waals surface area (Å²) < 4.78 is 4.85. The third kappa shape index (κ3) is 2.55. The van der Waals surface area contributed by atoms with Crippen LogP contribution in [0.15, 0.2) is 34.1 Å². The number of nitrogens with zero attached hydrogens (tertiary/aromatic N) is 4. The monoisotopic (exact) mass is 339 g/mol. The topological polar surface area (TPSA) is 63.6 Å². The van der Waals surface area contributed by atoms with E-state index in [9.17, 15) is 0 Å². The first kappa shape index (κ1) is 11.7. The standard InChI is InChI=1S/C10H6BrN5S2/c11-6-1-3-7(4-2-6)12-10-15-14-9(18-10)8-5-17-16-13-8/h1-5H,(H,12,15). The molecule has 8 heteroatoms. The summed E-state index contributed by atoms with van der Waals surface area (Å²) in [6.07, 6.45) is 0. The van der Waals surface area contributed by atoms with Gasteiger partial charge in [0, 0.05) is 15.5 Å². The molecule has 90 valence electrons. The number of halogens is 1. The smallest absolute Gasteiger partial charge is 0.210 e. The van der Waals surface area contributed by atoms with Crippen molar-refractivity contribution in [1.82, 2.24) is 19.8 Å². The molecule has 0 bridgehead atoms. The summed E-state index contributed by atoms with van der Waals surface area (Å²) in [7, 11) is 0. The maximum absolute atomic E-state index is 4.07. The molecule has 3 aromatic rings. The summed E-state index contributed by atoms with van der Waals surface area (Å²) in [6.45, 7) is 0. The van der Waals surface area contributed by atoms with Crippen LogP contribution >= 0.6 is 38.8 Å². The van der Waals surface area contributed by atoms with E-state index < -0.39 is 0 Å². The summed E-state index contributed by atoms with van der Waals surface area (Å²) in [6, 6.07) is 7.87. The van der Waals surface area contributed by atoms with Gasteiger partial charge in [-0.1, -0.05) is 31.8 Å². The second-order valence-electron chi connectivity index (χ2n) is 3.33. The highest BCUT2D eigenvalue weighted by molar-refractivity contribution is 9.10. The lowest BCUT2D eigenvalue weighted by atomic mass is 10.3. The molecular formula is C10H6BrN5S2. The van der Waals surface area contributed by atoms with Crippen LogP contribution in [0.2, 0.25) is 0 Å². The van der Waals surface area contributed by atoms with Crippen molar-refractivity contribution in [3.63, 3.8) is 0 Å². The van der Waals surface area contributed by atoms with Gasteiger partial charge in [0.2, 0.25) is 5.13 Å². The van der Waals surface area contributed by atoms with Crippen LogP contribution in [0.4, 0.5) is 10.8 Å². The Morgan fingerprint density at radius 2 is 1.89 bits per heavy atom. The Kier molecular flexibility index (Phi) is 3.31. The second-order valence-corrected chi connectivity index (χ2v) is 5.84. The second kappa shape index (κ2) is 5.09. The van der Waals surface area contributed by atoms with E-state index in [0.717, 1.165) is 26.0 Å². The number of anilines is 2. The fourth-order valence-corrected chi connectivity index (χ4v) is 2.79. The Hall–Kier alpha value is -1.38. The first-order chi connectivity index (χ1) is 8.81.